The summed E-state index contributed by atoms with van der Waals surface area (Å²) in [6.07, 6.45) is 12.7. The fraction of sp³-hybridized carbons (Fsp3) is 0.269. The van der Waals surface area contributed by atoms with Gasteiger partial charge in [0.15, 0.2) is 0 Å². The van der Waals surface area contributed by atoms with Crippen LogP contribution in [0.15, 0.2) is 73.3 Å². The van der Waals surface area contributed by atoms with Crippen molar-refractivity contribution < 1.29 is 14.6 Å². The highest BCUT2D eigenvalue weighted by atomic mass is 16.5. The molecule has 1 aliphatic carbocycles. The highest BCUT2D eigenvalue weighted by Crippen LogP contribution is 2.29. The molecule has 1 saturated carbocycles. The number of benzene rings is 2. The zero-order chi connectivity index (χ0) is 23.5. The summed E-state index contributed by atoms with van der Waals surface area (Å²) in [5.41, 5.74) is 8.56. The number of para-hydroxylation sites is 1. The van der Waals surface area contributed by atoms with Crippen LogP contribution >= 0.6 is 0 Å². The number of imidazole rings is 1. The first-order chi connectivity index (χ1) is 16.1. The Labute approximate surface area is 193 Å². The maximum absolute atomic E-state index is 8.36. The third-order valence-corrected chi connectivity index (χ3v) is 5.48. The number of hydrogen-bond acceptors (Lipinski definition) is 5. The molecule has 2 heterocycles. The molecule has 0 saturated heterocycles. The van der Waals surface area contributed by atoms with Crippen molar-refractivity contribution in [2.45, 2.75) is 39.0 Å². The monoisotopic (exact) mass is 446 g/mol. The quantitative estimate of drug-likeness (QED) is 0.371. The molecule has 2 aromatic carbocycles. The van der Waals surface area contributed by atoms with Crippen molar-refractivity contribution >= 4 is 17.8 Å². The van der Waals surface area contributed by atoms with E-state index in [1.54, 1.807) is 12.5 Å². The van der Waals surface area contributed by atoms with Crippen LogP contribution in [0.2, 0.25) is 0 Å². The minimum absolute atomic E-state index is 0.250. The summed E-state index contributed by atoms with van der Waals surface area (Å²) < 4.78 is 7.67. The second-order valence-electron chi connectivity index (χ2n) is 7.95. The molecule has 1 fully saturated rings. The van der Waals surface area contributed by atoms with E-state index in [4.69, 9.17) is 20.4 Å². The van der Waals surface area contributed by atoms with E-state index in [1.165, 1.54) is 32.1 Å². The van der Waals surface area contributed by atoms with Gasteiger partial charge in [0.2, 0.25) is 0 Å². The summed E-state index contributed by atoms with van der Waals surface area (Å²) in [5.74, 6) is 3.08. The van der Waals surface area contributed by atoms with E-state index in [2.05, 4.69) is 16.9 Å². The summed E-state index contributed by atoms with van der Waals surface area (Å²) in [6.45, 7) is 2.11. The lowest BCUT2D eigenvalue weighted by Gasteiger charge is -2.15. The van der Waals surface area contributed by atoms with Gasteiger partial charge in [-0.1, -0.05) is 57.2 Å². The Morgan fingerprint density at radius 3 is 2.24 bits per heavy atom. The number of nitrogen functional groups attached to an aromatic ring is 1. The summed E-state index contributed by atoms with van der Waals surface area (Å²) in [4.78, 5) is 16.9. The molecule has 2 aromatic heterocycles. The molecule has 0 amide bonds. The van der Waals surface area contributed by atoms with Crippen LogP contribution in [0.1, 0.15) is 39.0 Å². The van der Waals surface area contributed by atoms with Gasteiger partial charge in [0.05, 0.1) is 5.69 Å². The highest BCUT2D eigenvalue weighted by Gasteiger charge is 2.11. The van der Waals surface area contributed by atoms with Gasteiger partial charge in [0, 0.05) is 18.0 Å². The van der Waals surface area contributed by atoms with Crippen molar-refractivity contribution in [1.29, 1.82) is 0 Å². The van der Waals surface area contributed by atoms with Gasteiger partial charge in [-0.15, -0.1) is 0 Å². The second-order valence-corrected chi connectivity index (χ2v) is 7.95. The van der Waals surface area contributed by atoms with Gasteiger partial charge < -0.3 is 20.0 Å². The van der Waals surface area contributed by atoms with Crippen LogP contribution in [0, 0.1) is 5.92 Å². The first-order valence-electron chi connectivity index (χ1n) is 11.1. The Bertz CT molecular complexity index is 1120. The zero-order valence-corrected chi connectivity index (χ0v) is 18.8. The number of ether oxygens (including phenoxy) is 1. The van der Waals surface area contributed by atoms with E-state index in [9.17, 15) is 0 Å². The topological polar surface area (TPSA) is 103 Å². The molecule has 0 radical (unpaired) electrons. The Hall–Kier alpha value is -3.87. The maximum atomic E-state index is 8.36. The van der Waals surface area contributed by atoms with Gasteiger partial charge in [0.25, 0.3) is 6.47 Å². The predicted octanol–water partition coefficient (Wildman–Crippen LogP) is 6.06. The van der Waals surface area contributed by atoms with Crippen LogP contribution in [-0.4, -0.2) is 25.9 Å². The number of carboxylic acid groups (broad SMARTS) is 1. The van der Waals surface area contributed by atoms with E-state index in [0.717, 1.165) is 34.2 Å². The smallest absolute Gasteiger partial charge is 0.290 e. The molecule has 0 aliphatic heterocycles. The van der Waals surface area contributed by atoms with Crippen LogP contribution in [-0.2, 0) is 4.79 Å². The Kier molecular flexibility index (Phi) is 8.82. The molecular weight excluding hydrogens is 416 g/mol. The number of aromatic nitrogens is 3. The van der Waals surface area contributed by atoms with Crippen LogP contribution in [0.3, 0.4) is 0 Å². The minimum atomic E-state index is -0.250. The van der Waals surface area contributed by atoms with Gasteiger partial charge in [-0.2, -0.15) is 0 Å². The van der Waals surface area contributed by atoms with Crippen molar-refractivity contribution in [3.05, 3.63) is 73.3 Å². The fourth-order valence-corrected chi connectivity index (χ4v) is 3.80. The van der Waals surface area contributed by atoms with E-state index in [-0.39, 0.29) is 6.47 Å². The van der Waals surface area contributed by atoms with Crippen molar-refractivity contribution in [2.75, 3.05) is 5.73 Å². The average molecular weight is 447 g/mol. The van der Waals surface area contributed by atoms with Crippen molar-refractivity contribution in [2.24, 2.45) is 5.92 Å². The average Bonchev–Trinajstić information content (AvgIpc) is 3.27. The molecule has 0 atom stereocenters. The molecular formula is C26H30N4O3. The highest BCUT2D eigenvalue weighted by molar-refractivity contribution is 5.84. The Balaban J connectivity index is 0.000000257. The second kappa shape index (κ2) is 12.2. The van der Waals surface area contributed by atoms with Gasteiger partial charge >= 0.3 is 0 Å². The van der Waals surface area contributed by atoms with E-state index in [1.807, 2.05) is 65.2 Å². The lowest BCUT2D eigenvalue weighted by Crippen LogP contribution is -1.99. The minimum Gasteiger partial charge on any atom is -0.483 e. The number of rotatable bonds is 3. The van der Waals surface area contributed by atoms with E-state index in [0.29, 0.717) is 5.82 Å². The molecule has 4 aromatic rings. The lowest BCUT2D eigenvalue weighted by atomic mass is 9.91. The molecule has 5 rings (SSSR count). The first-order valence-corrected chi connectivity index (χ1v) is 11.1. The van der Waals surface area contributed by atoms with Gasteiger partial charge in [-0.05, 0) is 42.3 Å². The number of nitrogens with zero attached hydrogens (tertiary/aromatic N) is 3. The molecule has 3 N–H and O–H groups in total. The number of carbonyl (C=O) groups is 1. The summed E-state index contributed by atoms with van der Waals surface area (Å²) in [5, 5.41) is 6.89. The molecule has 1 aliphatic rings. The number of nitrogens with two attached hydrogens (primary N) is 1. The van der Waals surface area contributed by atoms with Crippen LogP contribution in [0.5, 0.6) is 11.5 Å². The molecule has 0 unspecified atom stereocenters. The van der Waals surface area contributed by atoms with E-state index >= 15 is 0 Å². The third-order valence-electron chi connectivity index (χ3n) is 5.48. The molecule has 0 bridgehead atoms. The van der Waals surface area contributed by atoms with E-state index < -0.39 is 0 Å². The number of anilines is 1. The molecule has 7 nitrogen and oxygen atoms in total. The van der Waals surface area contributed by atoms with Crippen molar-refractivity contribution in [1.82, 2.24) is 14.4 Å². The van der Waals surface area contributed by atoms with Gasteiger partial charge in [-0.25, -0.2) is 9.97 Å². The number of hydrogen-bond donors (Lipinski definition) is 2. The Morgan fingerprint density at radius 2 is 1.64 bits per heavy atom. The van der Waals surface area contributed by atoms with Crippen LogP contribution < -0.4 is 10.5 Å². The standard InChI is InChI=1S/C18H14N4O.C7H14.CH2O2/c19-18-17-16(21-12-22(17)11-10-20-18)13-6-8-15(9-7-13)23-14-4-2-1-3-5-14;1-7-5-3-2-4-6-7;2-1-3/h1-12H,(H2,19,20);7H,2-6H2,1H3;1H,(H,2,3). The Morgan fingerprint density at radius 1 is 1.00 bits per heavy atom. The largest absolute Gasteiger partial charge is 0.483 e. The van der Waals surface area contributed by atoms with Crippen molar-refractivity contribution in [3.63, 3.8) is 0 Å². The molecule has 172 valence electrons. The first kappa shape index (κ1) is 23.8. The zero-order valence-electron chi connectivity index (χ0n) is 18.8. The predicted molar refractivity (Wildman–Crippen MR) is 130 cm³/mol. The van der Waals surface area contributed by atoms with Crippen LogP contribution in [0.4, 0.5) is 5.82 Å². The van der Waals surface area contributed by atoms with Crippen molar-refractivity contribution in [3.8, 4) is 22.8 Å². The third kappa shape index (κ3) is 6.80. The SMILES string of the molecule is CC1CCCCC1.Nc1nccn2cnc(-c3ccc(Oc4ccccc4)cc3)c12.O=CO. The van der Waals surface area contributed by atoms with Crippen LogP contribution in [0.25, 0.3) is 16.8 Å². The molecule has 0 spiro atoms. The fourth-order valence-electron chi connectivity index (χ4n) is 3.80. The molecule has 33 heavy (non-hydrogen) atoms. The maximum Gasteiger partial charge on any atom is 0.290 e. The lowest BCUT2D eigenvalue weighted by molar-refractivity contribution is -0.122. The number of fused-ring (bicyclic) bond motifs is 1. The van der Waals surface area contributed by atoms with Gasteiger partial charge in [0.1, 0.15) is 29.2 Å². The van der Waals surface area contributed by atoms with Gasteiger partial charge in [-0.3, -0.25) is 4.79 Å². The summed E-state index contributed by atoms with van der Waals surface area (Å²) >= 11 is 0. The molecule has 7 heteroatoms. The summed E-state index contributed by atoms with van der Waals surface area (Å²) in [7, 11) is 0. The normalized spacial score (nSPS) is 13.2. The summed E-state index contributed by atoms with van der Waals surface area (Å²) in [6, 6.07) is 17.4.